The molecule has 1 aromatic carbocycles. The Balaban J connectivity index is 3.15. The lowest BCUT2D eigenvalue weighted by molar-refractivity contribution is 0.1000. The molecule has 1 amide bonds. The van der Waals surface area contributed by atoms with Crippen molar-refractivity contribution in [3.05, 3.63) is 44.2 Å². The highest BCUT2D eigenvalue weighted by molar-refractivity contribution is 9.10. The minimum absolute atomic E-state index is 0.393. The normalized spacial score (nSPS) is 9.08. The fraction of sp³-hybridized carbons (Fsp3) is 0.125. The van der Waals surface area contributed by atoms with Crippen molar-refractivity contribution in [2.45, 2.75) is 6.92 Å². The van der Waals surface area contributed by atoms with E-state index in [9.17, 15) is 4.79 Å². The fourth-order valence-corrected chi connectivity index (χ4v) is 1.57. The van der Waals surface area contributed by atoms with Gasteiger partial charge in [0.05, 0.1) is 0 Å². The van der Waals surface area contributed by atoms with Crippen molar-refractivity contribution in [3.63, 3.8) is 0 Å². The summed E-state index contributed by atoms with van der Waals surface area (Å²) in [5, 5.41) is 3.00. The van der Waals surface area contributed by atoms with Crippen LogP contribution < -0.4 is 0 Å². The lowest BCUT2D eigenvalue weighted by atomic mass is 10.1. The number of hydrogen-bond acceptors (Lipinski definition) is 1. The van der Waals surface area contributed by atoms with Gasteiger partial charge in [-0.1, -0.05) is 15.9 Å². The molecular formula is C8H6BrN3O. The second-order valence-electron chi connectivity index (χ2n) is 2.51. The van der Waals surface area contributed by atoms with Gasteiger partial charge in [-0.3, -0.25) is 4.79 Å². The monoisotopic (exact) mass is 239 g/mol. The van der Waals surface area contributed by atoms with E-state index in [1.165, 1.54) is 0 Å². The van der Waals surface area contributed by atoms with E-state index in [4.69, 9.17) is 5.53 Å². The molecule has 0 spiro atoms. The smallest absolute Gasteiger partial charge is 0.249 e. The van der Waals surface area contributed by atoms with Crippen molar-refractivity contribution in [3.8, 4) is 0 Å². The summed E-state index contributed by atoms with van der Waals surface area (Å²) >= 11 is 3.25. The Morgan fingerprint density at radius 2 is 2.23 bits per heavy atom. The van der Waals surface area contributed by atoms with E-state index >= 15 is 0 Å². The standard InChI is InChI=1S/C8H6BrN3O/c1-5-2-6(4-7(9)3-5)8(13)11-12-10/h2-4H,1H3. The summed E-state index contributed by atoms with van der Waals surface area (Å²) in [6, 6.07) is 5.15. The average molecular weight is 240 g/mol. The van der Waals surface area contributed by atoms with Crippen LogP contribution >= 0.6 is 15.9 Å². The Morgan fingerprint density at radius 1 is 1.54 bits per heavy atom. The summed E-state index contributed by atoms with van der Waals surface area (Å²) in [7, 11) is 0. The van der Waals surface area contributed by atoms with E-state index < -0.39 is 5.91 Å². The van der Waals surface area contributed by atoms with Gasteiger partial charge in [0.2, 0.25) is 5.91 Å². The maximum absolute atomic E-state index is 11.1. The van der Waals surface area contributed by atoms with Crippen molar-refractivity contribution < 1.29 is 4.79 Å². The van der Waals surface area contributed by atoms with E-state index in [0.717, 1.165) is 10.0 Å². The summed E-state index contributed by atoms with van der Waals surface area (Å²) in [5.74, 6) is -0.563. The van der Waals surface area contributed by atoms with Crippen LogP contribution in [-0.2, 0) is 0 Å². The topological polar surface area (TPSA) is 65.8 Å². The molecule has 0 aliphatic carbocycles. The van der Waals surface area contributed by atoms with E-state index in [0.29, 0.717) is 5.56 Å². The number of azide groups is 1. The first-order valence-electron chi connectivity index (χ1n) is 3.50. The zero-order valence-corrected chi connectivity index (χ0v) is 8.45. The largest absolute Gasteiger partial charge is 0.287 e. The molecule has 0 aliphatic heterocycles. The SMILES string of the molecule is Cc1cc(Br)cc(C(=O)N=[N+]=[N-])c1. The first-order chi connectivity index (χ1) is 6.13. The Bertz CT molecular complexity index is 376. The summed E-state index contributed by atoms with van der Waals surface area (Å²) < 4.78 is 0.795. The van der Waals surface area contributed by atoms with Gasteiger partial charge in [0, 0.05) is 14.9 Å². The molecule has 0 heterocycles. The minimum Gasteiger partial charge on any atom is -0.287 e. The Hall–Kier alpha value is -1.32. The molecule has 0 unspecified atom stereocenters. The van der Waals surface area contributed by atoms with E-state index in [2.05, 4.69) is 26.0 Å². The molecule has 1 aromatic rings. The van der Waals surface area contributed by atoms with Crippen LogP contribution in [0, 0.1) is 6.92 Å². The lowest BCUT2D eigenvalue weighted by Crippen LogP contribution is -1.93. The third-order valence-corrected chi connectivity index (χ3v) is 1.88. The van der Waals surface area contributed by atoms with E-state index in [1.54, 1.807) is 12.1 Å². The number of carbonyl (C=O) groups is 1. The van der Waals surface area contributed by atoms with Gasteiger partial charge in [-0.15, -0.1) is 0 Å². The van der Waals surface area contributed by atoms with Crippen LogP contribution in [-0.4, -0.2) is 5.91 Å². The second-order valence-corrected chi connectivity index (χ2v) is 3.43. The van der Waals surface area contributed by atoms with Crippen molar-refractivity contribution in [1.29, 1.82) is 0 Å². The molecule has 0 atom stereocenters. The van der Waals surface area contributed by atoms with Crippen LogP contribution in [0.4, 0.5) is 0 Å². The molecule has 66 valence electrons. The van der Waals surface area contributed by atoms with Gasteiger partial charge >= 0.3 is 0 Å². The van der Waals surface area contributed by atoms with Gasteiger partial charge in [0.25, 0.3) is 0 Å². The quantitative estimate of drug-likeness (QED) is 0.422. The number of aryl methyl sites for hydroxylation is 1. The van der Waals surface area contributed by atoms with Crippen molar-refractivity contribution >= 4 is 21.8 Å². The molecule has 0 aliphatic rings. The Labute approximate surface area is 83.3 Å². The van der Waals surface area contributed by atoms with Gasteiger partial charge < -0.3 is 0 Å². The van der Waals surface area contributed by atoms with Crippen LogP contribution in [0.15, 0.2) is 27.8 Å². The summed E-state index contributed by atoms with van der Waals surface area (Å²) in [4.78, 5) is 13.5. The molecule has 0 fully saturated rings. The maximum atomic E-state index is 11.1. The molecule has 0 radical (unpaired) electrons. The molecule has 0 saturated carbocycles. The van der Waals surface area contributed by atoms with Crippen LogP contribution in [0.1, 0.15) is 15.9 Å². The molecule has 0 N–H and O–H groups in total. The highest BCUT2D eigenvalue weighted by atomic mass is 79.9. The number of nitrogens with zero attached hydrogens (tertiary/aromatic N) is 3. The summed E-state index contributed by atoms with van der Waals surface area (Å²) in [6.07, 6.45) is 0. The predicted octanol–water partition coefficient (Wildman–Crippen LogP) is 3.21. The molecule has 5 heteroatoms. The Kier molecular flexibility index (Phi) is 3.06. The number of hydrogen-bond donors (Lipinski definition) is 0. The molecule has 4 nitrogen and oxygen atoms in total. The minimum atomic E-state index is -0.563. The maximum Gasteiger partial charge on any atom is 0.249 e. The molecular weight excluding hydrogens is 234 g/mol. The average Bonchev–Trinajstić information content (AvgIpc) is 2.03. The first kappa shape index (κ1) is 9.77. The molecule has 13 heavy (non-hydrogen) atoms. The zero-order valence-electron chi connectivity index (χ0n) is 6.86. The van der Waals surface area contributed by atoms with Gasteiger partial charge in [0.15, 0.2) is 0 Å². The van der Waals surface area contributed by atoms with Crippen molar-refractivity contribution in [2.24, 2.45) is 5.11 Å². The highest BCUT2D eigenvalue weighted by Gasteiger charge is 2.03. The van der Waals surface area contributed by atoms with Crippen LogP contribution in [0.2, 0.25) is 0 Å². The lowest BCUT2D eigenvalue weighted by Gasteiger charge is -1.98. The zero-order chi connectivity index (χ0) is 9.84. The summed E-state index contributed by atoms with van der Waals surface area (Å²) in [6.45, 7) is 1.86. The molecule has 1 rings (SSSR count). The third kappa shape index (κ3) is 2.57. The van der Waals surface area contributed by atoms with Crippen LogP contribution in [0.3, 0.4) is 0 Å². The van der Waals surface area contributed by atoms with E-state index in [-0.39, 0.29) is 0 Å². The van der Waals surface area contributed by atoms with Gasteiger partial charge in [-0.2, -0.15) is 0 Å². The number of carbonyl (C=O) groups excluding carboxylic acids is 1. The Morgan fingerprint density at radius 3 is 2.77 bits per heavy atom. The first-order valence-corrected chi connectivity index (χ1v) is 4.29. The van der Waals surface area contributed by atoms with Crippen LogP contribution in [0.5, 0.6) is 0 Å². The van der Waals surface area contributed by atoms with Gasteiger partial charge in [0.1, 0.15) is 0 Å². The molecule has 0 aromatic heterocycles. The predicted molar refractivity (Wildman–Crippen MR) is 52.4 cm³/mol. The van der Waals surface area contributed by atoms with Gasteiger partial charge in [-0.05, 0) is 41.3 Å². The number of halogens is 1. The number of benzene rings is 1. The second kappa shape index (κ2) is 4.07. The van der Waals surface area contributed by atoms with Crippen molar-refractivity contribution in [2.75, 3.05) is 0 Å². The highest BCUT2D eigenvalue weighted by Crippen LogP contribution is 2.15. The van der Waals surface area contributed by atoms with E-state index in [1.807, 2.05) is 13.0 Å². The van der Waals surface area contributed by atoms with Crippen molar-refractivity contribution in [1.82, 2.24) is 0 Å². The van der Waals surface area contributed by atoms with Crippen LogP contribution in [0.25, 0.3) is 10.4 Å². The summed E-state index contributed by atoms with van der Waals surface area (Å²) in [5.41, 5.74) is 9.39. The van der Waals surface area contributed by atoms with Gasteiger partial charge in [-0.25, -0.2) is 0 Å². The third-order valence-electron chi connectivity index (χ3n) is 1.42. The number of amides is 1. The fourth-order valence-electron chi connectivity index (χ4n) is 0.958. The molecule has 0 saturated heterocycles. The molecule has 0 bridgehead atoms. The number of rotatable bonds is 1.